The van der Waals surface area contributed by atoms with Crippen molar-refractivity contribution in [1.82, 2.24) is 9.80 Å². The fourth-order valence-corrected chi connectivity index (χ4v) is 3.97. The molecule has 192 valence electrons. The molecular formula is C25H23F6N3O2. The lowest BCUT2D eigenvalue weighted by atomic mass is 10.0. The highest BCUT2D eigenvalue weighted by atomic mass is 19.4. The Morgan fingerprint density at radius 1 is 0.806 bits per heavy atom. The van der Waals surface area contributed by atoms with Crippen molar-refractivity contribution >= 4 is 11.6 Å². The van der Waals surface area contributed by atoms with Crippen molar-refractivity contribution in [2.75, 3.05) is 31.5 Å². The summed E-state index contributed by atoms with van der Waals surface area (Å²) in [4.78, 5) is 17.0. The molecule has 1 saturated heterocycles. The summed E-state index contributed by atoms with van der Waals surface area (Å²) in [5, 5.41) is 2.37. The van der Waals surface area contributed by atoms with Gasteiger partial charge in [-0.05, 0) is 48.0 Å². The van der Waals surface area contributed by atoms with Gasteiger partial charge in [-0.3, -0.25) is 14.6 Å². The minimum Gasteiger partial charge on any atom is -0.468 e. The van der Waals surface area contributed by atoms with Gasteiger partial charge in [0.05, 0.1) is 23.9 Å². The largest absolute Gasteiger partial charge is 0.468 e. The van der Waals surface area contributed by atoms with Gasteiger partial charge >= 0.3 is 12.4 Å². The van der Waals surface area contributed by atoms with E-state index >= 15 is 0 Å². The summed E-state index contributed by atoms with van der Waals surface area (Å²) in [7, 11) is 0. The third kappa shape index (κ3) is 6.67. The molecule has 4 rings (SSSR count). The standard InChI is InChI=1S/C25H23F6N3O2/c26-24(27,28)19-12-18(13-20(14-19)25(29,30)31)23(35)32-21-5-3-17(4-6-21)15-33-7-9-34(10-8-33)16-22-2-1-11-36-22/h1-6,11-14H,7-10,15-16H2,(H,32,35). The van der Waals surface area contributed by atoms with E-state index in [1.54, 1.807) is 30.5 Å². The van der Waals surface area contributed by atoms with Crippen molar-refractivity contribution in [1.29, 1.82) is 0 Å². The molecule has 11 heteroatoms. The SMILES string of the molecule is O=C(Nc1ccc(CN2CCN(Cc3ccco3)CC2)cc1)c1cc(C(F)(F)F)cc(C(F)(F)F)c1. The van der Waals surface area contributed by atoms with Crippen molar-refractivity contribution < 1.29 is 35.6 Å². The summed E-state index contributed by atoms with van der Waals surface area (Å²) in [5.74, 6) is -0.145. The number of furan rings is 1. The third-order valence-corrected chi connectivity index (χ3v) is 5.89. The maximum absolute atomic E-state index is 13.1. The fraction of sp³-hybridized carbons (Fsp3) is 0.320. The van der Waals surface area contributed by atoms with Crippen molar-refractivity contribution in [2.24, 2.45) is 0 Å². The average molecular weight is 511 g/mol. The topological polar surface area (TPSA) is 48.7 Å². The molecular weight excluding hydrogens is 488 g/mol. The number of amides is 1. The van der Waals surface area contributed by atoms with Crippen molar-refractivity contribution in [3.05, 3.63) is 88.9 Å². The van der Waals surface area contributed by atoms with Crippen molar-refractivity contribution in [3.8, 4) is 0 Å². The number of halogens is 6. The fourth-order valence-electron chi connectivity index (χ4n) is 3.97. The Morgan fingerprint density at radius 3 is 1.86 bits per heavy atom. The van der Waals surface area contributed by atoms with Gasteiger partial charge in [0, 0.05) is 44.0 Å². The predicted molar refractivity (Wildman–Crippen MR) is 120 cm³/mol. The van der Waals surface area contributed by atoms with Gasteiger partial charge in [-0.15, -0.1) is 0 Å². The van der Waals surface area contributed by atoms with Crippen LogP contribution in [0.15, 0.2) is 65.3 Å². The molecule has 0 saturated carbocycles. The van der Waals surface area contributed by atoms with Gasteiger partial charge < -0.3 is 9.73 Å². The summed E-state index contributed by atoms with van der Waals surface area (Å²) < 4.78 is 83.7. The quantitative estimate of drug-likeness (QED) is 0.420. The molecule has 36 heavy (non-hydrogen) atoms. The first kappa shape index (κ1) is 25.8. The minimum absolute atomic E-state index is 0.0115. The number of carbonyl (C=O) groups is 1. The first-order chi connectivity index (χ1) is 17.0. The van der Waals surface area contributed by atoms with Gasteiger partial charge in [-0.25, -0.2) is 0 Å². The number of rotatable bonds is 6. The van der Waals surface area contributed by atoms with Crippen LogP contribution in [0, 0.1) is 0 Å². The molecule has 1 aliphatic rings. The van der Waals surface area contributed by atoms with Crippen LogP contribution in [-0.2, 0) is 25.4 Å². The normalized spacial score (nSPS) is 15.7. The van der Waals surface area contributed by atoms with E-state index in [0.717, 1.165) is 44.0 Å². The van der Waals surface area contributed by atoms with Gasteiger partial charge in [-0.1, -0.05) is 12.1 Å². The van der Waals surface area contributed by atoms with Gasteiger partial charge in [0.15, 0.2) is 0 Å². The Kier molecular flexibility index (Phi) is 7.41. The van der Waals surface area contributed by atoms with E-state index in [2.05, 4.69) is 15.1 Å². The van der Waals surface area contributed by atoms with Crippen LogP contribution >= 0.6 is 0 Å². The first-order valence-corrected chi connectivity index (χ1v) is 11.1. The van der Waals surface area contributed by atoms with Crippen LogP contribution in [0.2, 0.25) is 0 Å². The number of nitrogens with one attached hydrogen (secondary N) is 1. The van der Waals surface area contributed by atoms with Crippen LogP contribution in [0.5, 0.6) is 0 Å². The van der Waals surface area contributed by atoms with Crippen molar-refractivity contribution in [3.63, 3.8) is 0 Å². The van der Waals surface area contributed by atoms with E-state index in [0.29, 0.717) is 18.7 Å². The van der Waals surface area contributed by atoms with Crippen LogP contribution in [0.3, 0.4) is 0 Å². The second kappa shape index (κ2) is 10.4. The number of anilines is 1. The minimum atomic E-state index is -5.03. The molecule has 3 aromatic rings. The maximum Gasteiger partial charge on any atom is 0.416 e. The molecule has 0 atom stereocenters. The number of nitrogens with zero attached hydrogens (tertiary/aromatic N) is 2. The lowest BCUT2D eigenvalue weighted by Crippen LogP contribution is -2.45. The molecule has 0 unspecified atom stereocenters. The summed E-state index contributed by atoms with van der Waals surface area (Å²) >= 11 is 0. The molecule has 5 nitrogen and oxygen atoms in total. The van der Waals surface area contributed by atoms with Gasteiger partial charge in [0.2, 0.25) is 0 Å². The van der Waals surface area contributed by atoms with Crippen LogP contribution in [0.25, 0.3) is 0 Å². The number of piperazine rings is 1. The zero-order chi connectivity index (χ0) is 25.9. The second-order valence-corrected chi connectivity index (χ2v) is 8.58. The zero-order valence-electron chi connectivity index (χ0n) is 19.0. The molecule has 2 heterocycles. The molecule has 0 bridgehead atoms. The number of carbonyl (C=O) groups excluding carboxylic acids is 1. The molecule has 1 amide bonds. The lowest BCUT2D eigenvalue weighted by molar-refractivity contribution is -0.143. The van der Waals surface area contributed by atoms with Gasteiger partial charge in [0.1, 0.15) is 5.76 Å². The Labute approximate surface area is 203 Å². The molecule has 1 aromatic heterocycles. The predicted octanol–water partition coefficient (Wildman–Crippen LogP) is 5.89. The zero-order valence-corrected chi connectivity index (χ0v) is 19.0. The molecule has 1 fully saturated rings. The Balaban J connectivity index is 1.35. The number of benzene rings is 2. The molecule has 0 aliphatic carbocycles. The Hall–Kier alpha value is -3.31. The van der Waals surface area contributed by atoms with Crippen LogP contribution in [-0.4, -0.2) is 41.9 Å². The van der Waals surface area contributed by atoms with Crippen LogP contribution in [0.4, 0.5) is 32.0 Å². The molecule has 0 spiro atoms. The highest BCUT2D eigenvalue weighted by Crippen LogP contribution is 2.36. The summed E-state index contributed by atoms with van der Waals surface area (Å²) in [5.41, 5.74) is -2.58. The van der Waals surface area contributed by atoms with E-state index in [1.165, 1.54) is 0 Å². The molecule has 1 aliphatic heterocycles. The maximum atomic E-state index is 13.1. The van der Waals surface area contributed by atoms with Crippen molar-refractivity contribution in [2.45, 2.75) is 25.4 Å². The summed E-state index contributed by atoms with van der Waals surface area (Å²) in [6, 6.07) is 11.3. The van der Waals surface area contributed by atoms with E-state index in [4.69, 9.17) is 4.42 Å². The van der Waals surface area contributed by atoms with Crippen LogP contribution < -0.4 is 5.32 Å². The van der Waals surface area contributed by atoms with E-state index in [9.17, 15) is 31.1 Å². The van der Waals surface area contributed by atoms with E-state index in [1.807, 2.05) is 12.1 Å². The molecule has 0 radical (unpaired) electrons. The Morgan fingerprint density at radius 2 is 1.36 bits per heavy atom. The lowest BCUT2D eigenvalue weighted by Gasteiger charge is -2.34. The van der Waals surface area contributed by atoms with Crippen LogP contribution in [0.1, 0.15) is 32.8 Å². The number of alkyl halides is 6. The summed E-state index contributed by atoms with van der Waals surface area (Å²) in [6.07, 6.45) is -8.40. The van der Waals surface area contributed by atoms with Gasteiger partial charge in [-0.2, -0.15) is 26.3 Å². The van der Waals surface area contributed by atoms with E-state index in [-0.39, 0.29) is 11.8 Å². The van der Waals surface area contributed by atoms with E-state index < -0.39 is 35.0 Å². The first-order valence-electron chi connectivity index (χ1n) is 11.1. The number of hydrogen-bond donors (Lipinski definition) is 1. The highest BCUT2D eigenvalue weighted by Gasteiger charge is 2.37. The van der Waals surface area contributed by atoms with Gasteiger partial charge in [0.25, 0.3) is 5.91 Å². The molecule has 2 aromatic carbocycles. The monoisotopic (exact) mass is 511 g/mol. The summed E-state index contributed by atoms with van der Waals surface area (Å²) in [6.45, 7) is 4.90. The third-order valence-electron chi connectivity index (χ3n) is 5.89. The average Bonchev–Trinajstić information content (AvgIpc) is 3.33. The number of hydrogen-bond acceptors (Lipinski definition) is 4. The highest BCUT2D eigenvalue weighted by molar-refractivity contribution is 6.04. The Bertz CT molecular complexity index is 1130. The second-order valence-electron chi connectivity index (χ2n) is 8.58. The smallest absolute Gasteiger partial charge is 0.416 e. The molecule has 1 N–H and O–H groups in total.